The number of carbonyl (C=O) groups is 2. The molecule has 4 N–H and O–H groups in total. The highest BCUT2D eigenvalue weighted by atomic mass is 16.6. The van der Waals surface area contributed by atoms with Gasteiger partial charge in [0.15, 0.2) is 0 Å². The number of nitrogens with zero attached hydrogens (tertiary/aromatic N) is 1. The van der Waals surface area contributed by atoms with Crippen molar-refractivity contribution in [1.29, 1.82) is 0 Å². The number of aromatic nitrogens is 2. The summed E-state index contributed by atoms with van der Waals surface area (Å²) in [7, 11) is 0. The van der Waals surface area contributed by atoms with Crippen LogP contribution >= 0.6 is 0 Å². The van der Waals surface area contributed by atoms with Crippen molar-refractivity contribution in [3.63, 3.8) is 0 Å². The van der Waals surface area contributed by atoms with Crippen molar-refractivity contribution in [3.05, 3.63) is 65.5 Å². The fourth-order valence-electron chi connectivity index (χ4n) is 6.59. The highest BCUT2D eigenvalue weighted by Crippen LogP contribution is 2.33. The first-order valence-corrected chi connectivity index (χ1v) is 17.5. The van der Waals surface area contributed by atoms with E-state index in [1.807, 2.05) is 18.3 Å². The lowest BCUT2D eigenvalue weighted by molar-refractivity contribution is -0.118. The Hall–Kier alpha value is -4.07. The lowest BCUT2D eigenvalue weighted by Crippen LogP contribution is -2.27. The minimum Gasteiger partial charge on any atom is -0.410 e. The fourth-order valence-corrected chi connectivity index (χ4v) is 6.59. The Labute approximate surface area is 273 Å². The van der Waals surface area contributed by atoms with Crippen LogP contribution in [0.5, 0.6) is 5.75 Å². The second kappa shape index (κ2) is 17.6. The van der Waals surface area contributed by atoms with Gasteiger partial charge in [-0.15, -0.1) is 0 Å². The third kappa shape index (κ3) is 9.71. The highest BCUT2D eigenvalue weighted by molar-refractivity contribution is 5.93. The third-order valence-corrected chi connectivity index (χ3v) is 9.06. The molecule has 0 fully saturated rings. The van der Waals surface area contributed by atoms with Crippen LogP contribution in [0.15, 0.2) is 48.7 Å². The summed E-state index contributed by atoms with van der Waals surface area (Å²) in [6.07, 6.45) is 19.2. The number of aryl methyl sites for hydroxylation is 1. The number of H-pyrrole nitrogens is 1. The van der Waals surface area contributed by atoms with Crippen LogP contribution in [0.4, 0.5) is 10.5 Å². The van der Waals surface area contributed by atoms with Gasteiger partial charge >= 0.3 is 6.09 Å². The van der Waals surface area contributed by atoms with Gasteiger partial charge in [-0.25, -0.2) is 4.79 Å². The second-order valence-corrected chi connectivity index (χ2v) is 12.7. The number of para-hydroxylation sites is 1. The predicted octanol–water partition coefficient (Wildman–Crippen LogP) is 8.38. The van der Waals surface area contributed by atoms with E-state index >= 15 is 0 Å². The van der Waals surface area contributed by atoms with E-state index < -0.39 is 6.09 Å². The number of aromatic amines is 1. The summed E-state index contributed by atoms with van der Waals surface area (Å²) >= 11 is 0. The molecule has 0 spiro atoms. The summed E-state index contributed by atoms with van der Waals surface area (Å²) in [5, 5.41) is 11.8. The normalized spacial score (nSPS) is 12.6. The van der Waals surface area contributed by atoms with Crippen molar-refractivity contribution < 1.29 is 14.3 Å². The van der Waals surface area contributed by atoms with Crippen molar-refractivity contribution in [2.75, 3.05) is 25.0 Å². The van der Waals surface area contributed by atoms with Gasteiger partial charge in [0, 0.05) is 60.4 Å². The molecule has 2 amide bonds. The Bertz CT molecular complexity index is 1580. The molecule has 0 saturated carbocycles. The van der Waals surface area contributed by atoms with Crippen LogP contribution in [0.2, 0.25) is 0 Å². The number of fused-ring (bicyclic) bond motifs is 3. The minimum absolute atomic E-state index is 0.0420. The monoisotopic (exact) mass is 625 g/mol. The Morgan fingerprint density at radius 3 is 2.30 bits per heavy atom. The topological polar surface area (TPSA) is 108 Å². The van der Waals surface area contributed by atoms with Gasteiger partial charge in [0.25, 0.3) is 0 Å². The number of anilines is 1. The van der Waals surface area contributed by atoms with E-state index in [2.05, 4.69) is 45.2 Å². The number of rotatable bonds is 18. The summed E-state index contributed by atoms with van der Waals surface area (Å²) in [6, 6.07) is 14.2. The molecule has 1 aliphatic carbocycles. The van der Waals surface area contributed by atoms with Crippen LogP contribution in [-0.4, -0.2) is 41.6 Å². The first-order chi connectivity index (χ1) is 22.6. The van der Waals surface area contributed by atoms with Crippen molar-refractivity contribution in [2.45, 2.75) is 103 Å². The number of pyridine rings is 1. The standard InChI is InChI=1S/C38H51N5O3/c1-28(44)39-25-22-29-27-42-34-21-20-30(26-33(29)34)46-38(45)41-24-15-9-7-5-3-2-4-6-8-14-23-40-37-31-16-10-12-18-35(31)43-36-19-13-11-17-32(36)37/h10,12,16,18,20-21,26-27,42H,2-9,11,13-15,17,19,22-25H2,1H3,(H,39,44)(H,40,43)(H,41,45). The molecule has 2 aromatic carbocycles. The maximum absolute atomic E-state index is 12.3. The first kappa shape index (κ1) is 33.3. The zero-order valence-electron chi connectivity index (χ0n) is 27.5. The molecule has 1 aliphatic rings. The quantitative estimate of drug-likeness (QED) is 0.0831. The summed E-state index contributed by atoms with van der Waals surface area (Å²) in [5.74, 6) is 0.474. The molecule has 5 rings (SSSR count). The molecule has 0 bridgehead atoms. The number of nitrogens with one attached hydrogen (secondary N) is 4. The van der Waals surface area contributed by atoms with Crippen molar-refractivity contribution >= 4 is 39.5 Å². The first-order valence-electron chi connectivity index (χ1n) is 17.5. The average Bonchev–Trinajstić information content (AvgIpc) is 3.46. The highest BCUT2D eigenvalue weighted by Gasteiger charge is 2.17. The maximum Gasteiger partial charge on any atom is 0.412 e. The Morgan fingerprint density at radius 2 is 1.52 bits per heavy atom. The summed E-state index contributed by atoms with van der Waals surface area (Å²) in [6.45, 7) is 3.74. The molecule has 46 heavy (non-hydrogen) atoms. The summed E-state index contributed by atoms with van der Waals surface area (Å²) in [5.41, 5.74) is 7.28. The van der Waals surface area contributed by atoms with Crippen molar-refractivity contribution in [3.8, 4) is 5.75 Å². The molecule has 8 nitrogen and oxygen atoms in total. The Kier molecular flexibility index (Phi) is 12.7. The Balaban J connectivity index is 0.874. The van der Waals surface area contributed by atoms with Crippen LogP contribution < -0.4 is 20.7 Å². The van der Waals surface area contributed by atoms with E-state index in [-0.39, 0.29) is 5.91 Å². The fraction of sp³-hybridized carbons (Fsp3) is 0.500. The van der Waals surface area contributed by atoms with E-state index in [4.69, 9.17) is 9.72 Å². The largest absolute Gasteiger partial charge is 0.412 e. The Morgan fingerprint density at radius 1 is 0.804 bits per heavy atom. The minimum atomic E-state index is -0.418. The van der Waals surface area contributed by atoms with Gasteiger partial charge < -0.3 is 25.7 Å². The predicted molar refractivity (Wildman–Crippen MR) is 188 cm³/mol. The van der Waals surface area contributed by atoms with Crippen molar-refractivity contribution in [2.24, 2.45) is 0 Å². The van der Waals surface area contributed by atoms with E-state index in [0.717, 1.165) is 54.2 Å². The number of hydrogen-bond acceptors (Lipinski definition) is 5. The number of hydrogen-bond donors (Lipinski definition) is 4. The summed E-state index contributed by atoms with van der Waals surface area (Å²) in [4.78, 5) is 31.6. The van der Waals surface area contributed by atoms with Gasteiger partial charge in [0.05, 0.1) is 5.52 Å². The number of benzene rings is 2. The molecule has 0 saturated heterocycles. The molecule has 0 unspecified atom stereocenters. The smallest absolute Gasteiger partial charge is 0.410 e. The molecule has 0 atom stereocenters. The molecule has 8 heteroatoms. The van der Waals surface area contributed by atoms with Crippen LogP contribution in [0.1, 0.15) is 101 Å². The SMILES string of the molecule is CC(=O)NCCc1c[nH]c2ccc(OC(=O)NCCCCCCCCCCCCNc3c4c(nc5ccccc35)CCCC4)cc12. The zero-order valence-corrected chi connectivity index (χ0v) is 27.5. The van der Waals surface area contributed by atoms with Gasteiger partial charge in [-0.05, 0) is 80.3 Å². The lowest BCUT2D eigenvalue weighted by Gasteiger charge is -2.21. The van der Waals surface area contributed by atoms with Crippen LogP contribution in [0.25, 0.3) is 21.8 Å². The number of unbranched alkanes of at least 4 members (excludes halogenated alkanes) is 9. The third-order valence-electron chi connectivity index (χ3n) is 9.06. The van der Waals surface area contributed by atoms with E-state index in [1.54, 1.807) is 6.07 Å². The lowest BCUT2D eigenvalue weighted by atomic mass is 9.92. The van der Waals surface area contributed by atoms with E-state index in [9.17, 15) is 9.59 Å². The van der Waals surface area contributed by atoms with Gasteiger partial charge in [0.2, 0.25) is 5.91 Å². The zero-order chi connectivity index (χ0) is 32.0. The molecule has 0 aliphatic heterocycles. The average molecular weight is 626 g/mol. The van der Waals surface area contributed by atoms with E-state index in [0.29, 0.717) is 25.3 Å². The van der Waals surface area contributed by atoms with Crippen LogP contribution in [-0.2, 0) is 24.1 Å². The number of ether oxygens (including phenoxy) is 1. The van der Waals surface area contributed by atoms with Gasteiger partial charge in [0.1, 0.15) is 5.75 Å². The number of carbonyl (C=O) groups excluding carboxylic acids is 2. The maximum atomic E-state index is 12.3. The van der Waals surface area contributed by atoms with Crippen LogP contribution in [0, 0.1) is 0 Å². The second-order valence-electron chi connectivity index (χ2n) is 12.7. The van der Waals surface area contributed by atoms with Gasteiger partial charge in [-0.2, -0.15) is 0 Å². The van der Waals surface area contributed by atoms with Crippen LogP contribution in [0.3, 0.4) is 0 Å². The van der Waals surface area contributed by atoms with E-state index in [1.165, 1.54) is 93.5 Å². The molecule has 0 radical (unpaired) electrons. The van der Waals surface area contributed by atoms with Gasteiger partial charge in [-0.1, -0.05) is 69.6 Å². The molecular formula is C38H51N5O3. The molecule has 2 heterocycles. The molecule has 4 aromatic rings. The number of amides is 2. The van der Waals surface area contributed by atoms with Crippen molar-refractivity contribution in [1.82, 2.24) is 20.6 Å². The molecule has 2 aromatic heterocycles. The van der Waals surface area contributed by atoms with Gasteiger partial charge in [-0.3, -0.25) is 9.78 Å². The summed E-state index contributed by atoms with van der Waals surface area (Å²) < 4.78 is 5.52. The molecule has 246 valence electrons. The molecular weight excluding hydrogens is 574 g/mol.